The molecule has 4 nitrogen and oxygen atoms in total. The maximum atomic E-state index is 4.88. The first-order chi connectivity index (χ1) is 9.45. The third-order valence-corrected chi connectivity index (χ3v) is 4.60. The highest BCUT2D eigenvalue weighted by Gasteiger charge is 2.26. The highest BCUT2D eigenvalue weighted by Crippen LogP contribution is 2.34. The number of nitrogens with zero attached hydrogens (tertiary/aromatic N) is 3. The van der Waals surface area contributed by atoms with Crippen molar-refractivity contribution in [3.8, 4) is 10.8 Å². The maximum Gasteiger partial charge on any atom is 0.168 e. The van der Waals surface area contributed by atoms with Crippen LogP contribution in [0.25, 0.3) is 10.8 Å². The van der Waals surface area contributed by atoms with Crippen LogP contribution in [-0.2, 0) is 19.0 Å². The van der Waals surface area contributed by atoms with Gasteiger partial charge in [-0.1, -0.05) is 20.8 Å². The molecular formula is C15H22N4S. The van der Waals surface area contributed by atoms with Crippen molar-refractivity contribution in [2.45, 2.75) is 51.6 Å². The summed E-state index contributed by atoms with van der Waals surface area (Å²) in [5, 5.41) is 4.62. The number of rotatable bonds is 4. The Kier molecular flexibility index (Phi) is 3.42. The number of hydrogen-bond donors (Lipinski definition) is 1. The number of aromatic nitrogens is 3. The smallest absolute Gasteiger partial charge is 0.168 e. The SMILES string of the molecule is Cn1ccnc1-c1nc(C(C)(C)C)c(CNC2CC2)s1. The summed E-state index contributed by atoms with van der Waals surface area (Å²) in [5.74, 6) is 0.957. The Morgan fingerprint density at radius 1 is 1.40 bits per heavy atom. The molecule has 2 aromatic rings. The van der Waals surface area contributed by atoms with Gasteiger partial charge in [0.1, 0.15) is 0 Å². The van der Waals surface area contributed by atoms with E-state index in [1.165, 1.54) is 23.4 Å². The van der Waals surface area contributed by atoms with Gasteiger partial charge in [0.2, 0.25) is 0 Å². The molecule has 0 aromatic carbocycles. The number of nitrogens with one attached hydrogen (secondary N) is 1. The van der Waals surface area contributed by atoms with Crippen molar-refractivity contribution >= 4 is 11.3 Å². The number of imidazole rings is 1. The van der Waals surface area contributed by atoms with Crippen molar-refractivity contribution in [3.63, 3.8) is 0 Å². The highest BCUT2D eigenvalue weighted by molar-refractivity contribution is 7.15. The second-order valence-corrected chi connectivity index (χ2v) is 7.64. The quantitative estimate of drug-likeness (QED) is 0.941. The van der Waals surface area contributed by atoms with Crippen molar-refractivity contribution in [2.24, 2.45) is 7.05 Å². The Bertz CT molecular complexity index is 602. The van der Waals surface area contributed by atoms with E-state index in [0.717, 1.165) is 23.4 Å². The third-order valence-electron chi connectivity index (χ3n) is 3.55. The molecule has 0 radical (unpaired) electrons. The summed E-state index contributed by atoms with van der Waals surface area (Å²) in [6.45, 7) is 7.61. The molecule has 20 heavy (non-hydrogen) atoms. The minimum Gasteiger partial charge on any atom is -0.332 e. The van der Waals surface area contributed by atoms with Crippen LogP contribution in [0.4, 0.5) is 0 Å². The van der Waals surface area contributed by atoms with Crippen molar-refractivity contribution in [2.75, 3.05) is 0 Å². The first-order valence-corrected chi connectivity index (χ1v) is 7.98. The van der Waals surface area contributed by atoms with E-state index in [-0.39, 0.29) is 5.41 Å². The summed E-state index contributed by atoms with van der Waals surface area (Å²) in [6, 6.07) is 0.724. The highest BCUT2D eigenvalue weighted by atomic mass is 32.1. The van der Waals surface area contributed by atoms with E-state index in [0.29, 0.717) is 0 Å². The summed E-state index contributed by atoms with van der Waals surface area (Å²) in [5.41, 5.74) is 1.27. The van der Waals surface area contributed by atoms with E-state index < -0.39 is 0 Å². The fourth-order valence-corrected chi connectivity index (χ4v) is 3.51. The zero-order valence-corrected chi connectivity index (χ0v) is 13.4. The predicted octanol–water partition coefficient (Wildman–Crippen LogP) is 3.09. The molecule has 0 amide bonds. The Labute approximate surface area is 124 Å². The molecule has 2 aromatic heterocycles. The zero-order chi connectivity index (χ0) is 14.3. The molecule has 1 N–H and O–H groups in total. The van der Waals surface area contributed by atoms with Crippen molar-refractivity contribution in [3.05, 3.63) is 23.0 Å². The van der Waals surface area contributed by atoms with Gasteiger partial charge in [-0.25, -0.2) is 9.97 Å². The molecule has 1 saturated carbocycles. The molecule has 0 unspecified atom stereocenters. The second-order valence-electron chi connectivity index (χ2n) is 6.56. The molecule has 0 saturated heterocycles. The normalized spacial score (nSPS) is 15.8. The molecule has 0 atom stereocenters. The van der Waals surface area contributed by atoms with Gasteiger partial charge in [0.25, 0.3) is 0 Å². The summed E-state index contributed by atoms with van der Waals surface area (Å²) in [6.07, 6.45) is 6.43. The summed E-state index contributed by atoms with van der Waals surface area (Å²) in [7, 11) is 2.02. The molecule has 5 heteroatoms. The molecule has 1 fully saturated rings. The van der Waals surface area contributed by atoms with Crippen LogP contribution >= 0.6 is 11.3 Å². The largest absolute Gasteiger partial charge is 0.332 e. The standard InChI is InChI=1S/C15H22N4S/c1-15(2,3)12-11(9-17-10-5-6-10)20-14(18-12)13-16-7-8-19(13)4/h7-8,10,17H,5-6,9H2,1-4H3. The van der Waals surface area contributed by atoms with E-state index in [4.69, 9.17) is 4.98 Å². The van der Waals surface area contributed by atoms with Crippen LogP contribution in [-0.4, -0.2) is 20.6 Å². The van der Waals surface area contributed by atoms with Crippen LogP contribution in [0.3, 0.4) is 0 Å². The number of hydrogen-bond acceptors (Lipinski definition) is 4. The Morgan fingerprint density at radius 3 is 2.70 bits per heavy atom. The van der Waals surface area contributed by atoms with Gasteiger partial charge in [0.15, 0.2) is 10.8 Å². The Hall–Kier alpha value is -1.20. The minimum absolute atomic E-state index is 0.0699. The van der Waals surface area contributed by atoms with Gasteiger partial charge in [-0.3, -0.25) is 0 Å². The van der Waals surface area contributed by atoms with E-state index in [1.807, 2.05) is 24.0 Å². The number of aryl methyl sites for hydroxylation is 1. The average molecular weight is 290 g/mol. The van der Waals surface area contributed by atoms with Crippen LogP contribution in [0.15, 0.2) is 12.4 Å². The monoisotopic (exact) mass is 290 g/mol. The van der Waals surface area contributed by atoms with E-state index in [1.54, 1.807) is 11.3 Å². The van der Waals surface area contributed by atoms with Gasteiger partial charge >= 0.3 is 0 Å². The fraction of sp³-hybridized carbons (Fsp3) is 0.600. The van der Waals surface area contributed by atoms with Crippen LogP contribution in [0, 0.1) is 0 Å². The first kappa shape index (κ1) is 13.8. The molecule has 0 aliphatic heterocycles. The van der Waals surface area contributed by atoms with Crippen LogP contribution in [0.5, 0.6) is 0 Å². The second kappa shape index (κ2) is 4.97. The molecule has 108 valence electrons. The lowest BCUT2D eigenvalue weighted by molar-refractivity contribution is 0.559. The van der Waals surface area contributed by atoms with Gasteiger partial charge in [0.05, 0.1) is 5.69 Å². The third kappa shape index (κ3) is 2.79. The summed E-state index contributed by atoms with van der Waals surface area (Å²) >= 11 is 1.77. The molecule has 2 heterocycles. The molecule has 0 spiro atoms. The van der Waals surface area contributed by atoms with Gasteiger partial charge in [-0.15, -0.1) is 11.3 Å². The zero-order valence-electron chi connectivity index (χ0n) is 12.6. The number of thiazole rings is 1. The lowest BCUT2D eigenvalue weighted by Gasteiger charge is -2.17. The minimum atomic E-state index is 0.0699. The van der Waals surface area contributed by atoms with Crippen molar-refractivity contribution in [1.82, 2.24) is 19.9 Å². The van der Waals surface area contributed by atoms with Crippen molar-refractivity contribution in [1.29, 1.82) is 0 Å². The van der Waals surface area contributed by atoms with Crippen molar-refractivity contribution < 1.29 is 0 Å². The Balaban J connectivity index is 1.94. The van der Waals surface area contributed by atoms with Crippen LogP contribution in [0.2, 0.25) is 0 Å². The van der Waals surface area contributed by atoms with Gasteiger partial charge in [-0.2, -0.15) is 0 Å². The molecule has 1 aliphatic rings. The molecule has 1 aliphatic carbocycles. The topological polar surface area (TPSA) is 42.7 Å². The fourth-order valence-electron chi connectivity index (χ4n) is 2.25. The van der Waals surface area contributed by atoms with E-state index in [9.17, 15) is 0 Å². The molecule has 0 bridgehead atoms. The maximum absolute atomic E-state index is 4.88. The van der Waals surface area contributed by atoms with Gasteiger partial charge in [0, 0.05) is 42.3 Å². The predicted molar refractivity (Wildman–Crippen MR) is 82.9 cm³/mol. The van der Waals surface area contributed by atoms with Crippen LogP contribution < -0.4 is 5.32 Å². The first-order valence-electron chi connectivity index (χ1n) is 7.16. The van der Waals surface area contributed by atoms with Crippen LogP contribution in [0.1, 0.15) is 44.2 Å². The van der Waals surface area contributed by atoms with Gasteiger partial charge < -0.3 is 9.88 Å². The summed E-state index contributed by atoms with van der Waals surface area (Å²) < 4.78 is 2.03. The lowest BCUT2D eigenvalue weighted by atomic mass is 9.91. The molecular weight excluding hydrogens is 268 g/mol. The molecule has 3 rings (SSSR count). The lowest BCUT2D eigenvalue weighted by Crippen LogP contribution is -2.19. The van der Waals surface area contributed by atoms with E-state index in [2.05, 4.69) is 31.1 Å². The van der Waals surface area contributed by atoms with Gasteiger partial charge in [-0.05, 0) is 12.8 Å². The average Bonchev–Trinajstić information content (AvgIpc) is 2.93. The Morgan fingerprint density at radius 2 is 2.15 bits per heavy atom. The summed E-state index contributed by atoms with van der Waals surface area (Å²) in [4.78, 5) is 10.6. The van der Waals surface area contributed by atoms with E-state index >= 15 is 0 Å².